The Bertz CT molecular complexity index is 1860. The zero-order chi connectivity index (χ0) is 30.9. The van der Waals surface area contributed by atoms with Gasteiger partial charge in [-0.2, -0.15) is 4.98 Å². The molecule has 3 aromatic heterocycles. The minimum absolute atomic E-state index is 0.0125. The van der Waals surface area contributed by atoms with Crippen molar-refractivity contribution in [3.05, 3.63) is 81.2 Å². The van der Waals surface area contributed by atoms with E-state index >= 15 is 0 Å². The van der Waals surface area contributed by atoms with E-state index in [0.29, 0.717) is 33.7 Å². The van der Waals surface area contributed by atoms with Crippen LogP contribution in [0.15, 0.2) is 65.0 Å². The summed E-state index contributed by atoms with van der Waals surface area (Å²) in [6.07, 6.45) is 8.06. The third-order valence-electron chi connectivity index (χ3n) is 8.95. The Morgan fingerprint density at radius 3 is 2.56 bits per heavy atom. The predicted octanol–water partition coefficient (Wildman–Crippen LogP) is 7.10. The number of piperidine rings is 2. The number of pyridine rings is 1. The van der Waals surface area contributed by atoms with Gasteiger partial charge in [0.2, 0.25) is 5.95 Å². The number of likely N-dealkylation sites (N-methyl/N-ethyl adjacent to an activating group) is 1. The molecule has 2 aliphatic heterocycles. The van der Waals surface area contributed by atoms with Crippen molar-refractivity contribution >= 4 is 57.6 Å². The van der Waals surface area contributed by atoms with Gasteiger partial charge in [-0.05, 0) is 81.3 Å². The van der Waals surface area contributed by atoms with Crippen LogP contribution in [0.3, 0.4) is 0 Å². The van der Waals surface area contributed by atoms with Crippen LogP contribution in [0.4, 0.5) is 11.6 Å². The van der Waals surface area contributed by atoms with Gasteiger partial charge in [0.15, 0.2) is 0 Å². The van der Waals surface area contributed by atoms with E-state index in [4.69, 9.17) is 16.6 Å². The van der Waals surface area contributed by atoms with Crippen molar-refractivity contribution < 1.29 is 0 Å². The van der Waals surface area contributed by atoms with Crippen molar-refractivity contribution in [2.24, 2.45) is 0 Å². The molecule has 1 N–H and O–H groups in total. The number of hydrogen-bond acceptors (Lipinski definition) is 10. The maximum atomic E-state index is 14.4. The molecule has 5 heterocycles. The van der Waals surface area contributed by atoms with E-state index in [0.717, 1.165) is 54.1 Å². The molecule has 7 rings (SSSR count). The van der Waals surface area contributed by atoms with E-state index in [1.165, 1.54) is 36.3 Å². The molecule has 0 amide bonds. The van der Waals surface area contributed by atoms with Crippen LogP contribution in [0.25, 0.3) is 32.7 Å². The van der Waals surface area contributed by atoms with Crippen LogP contribution >= 0.6 is 34.9 Å². The second kappa shape index (κ2) is 13.2. The predicted molar refractivity (Wildman–Crippen MR) is 186 cm³/mol. The van der Waals surface area contributed by atoms with Crippen LogP contribution in [0, 0.1) is 0 Å². The molecule has 0 bridgehead atoms. The fraction of sp³-hybridized carbons (Fsp3) is 0.364. The molecular weight excluding hydrogens is 624 g/mol. The number of rotatable bonds is 7. The summed E-state index contributed by atoms with van der Waals surface area (Å²) in [5.41, 5.74) is 6.60. The first kappa shape index (κ1) is 30.3. The molecule has 1 unspecified atom stereocenters. The summed E-state index contributed by atoms with van der Waals surface area (Å²) in [5.74, 6) is 1.03. The highest BCUT2D eigenvalue weighted by Gasteiger charge is 2.26. The number of anilines is 2. The van der Waals surface area contributed by atoms with Gasteiger partial charge in [0, 0.05) is 64.7 Å². The molecule has 0 spiro atoms. The van der Waals surface area contributed by atoms with E-state index in [-0.39, 0.29) is 11.6 Å². The van der Waals surface area contributed by atoms with Crippen molar-refractivity contribution in [3.8, 4) is 21.7 Å². The minimum Gasteiger partial charge on any atom is -0.324 e. The first-order valence-corrected chi connectivity index (χ1v) is 17.7. The van der Waals surface area contributed by atoms with Crippen LogP contribution in [-0.4, -0.2) is 73.4 Å². The molecule has 0 radical (unpaired) electrons. The van der Waals surface area contributed by atoms with Crippen molar-refractivity contribution in [2.45, 2.75) is 37.6 Å². The fourth-order valence-corrected chi connectivity index (χ4v) is 7.98. The zero-order valence-electron chi connectivity index (χ0n) is 25.3. The highest BCUT2D eigenvalue weighted by atomic mass is 35.5. The molecule has 2 saturated heterocycles. The number of benzene rings is 2. The number of halogens is 1. The lowest BCUT2D eigenvalue weighted by atomic mass is 9.91. The fourth-order valence-electron chi connectivity index (χ4n) is 6.57. The summed E-state index contributed by atoms with van der Waals surface area (Å²) >= 11 is 10.0. The second-order valence-electron chi connectivity index (χ2n) is 11.8. The lowest BCUT2D eigenvalue weighted by molar-refractivity contribution is 0.251. The highest BCUT2D eigenvalue weighted by molar-refractivity contribution is 7.96. The molecule has 0 aliphatic carbocycles. The van der Waals surface area contributed by atoms with Crippen molar-refractivity contribution in [1.29, 1.82) is 0 Å². The van der Waals surface area contributed by atoms with Gasteiger partial charge in [-0.1, -0.05) is 59.2 Å². The maximum Gasteiger partial charge on any atom is 0.260 e. The van der Waals surface area contributed by atoms with Gasteiger partial charge in [-0.3, -0.25) is 13.7 Å². The Morgan fingerprint density at radius 2 is 1.84 bits per heavy atom. The maximum absolute atomic E-state index is 14.4. The summed E-state index contributed by atoms with van der Waals surface area (Å²) in [6, 6.07) is 16.2. The number of likely N-dealkylation sites (tertiary alicyclic amines) is 1. The highest BCUT2D eigenvalue weighted by Crippen LogP contribution is 2.34. The van der Waals surface area contributed by atoms with Gasteiger partial charge < -0.3 is 10.2 Å². The molecule has 9 nitrogen and oxygen atoms in total. The molecule has 0 saturated carbocycles. The van der Waals surface area contributed by atoms with Crippen LogP contribution in [0.2, 0.25) is 5.02 Å². The van der Waals surface area contributed by atoms with Gasteiger partial charge in [-0.25, -0.2) is 4.98 Å². The van der Waals surface area contributed by atoms with Crippen LogP contribution in [0.5, 0.6) is 0 Å². The van der Waals surface area contributed by atoms with Crippen LogP contribution in [0.1, 0.15) is 43.2 Å². The summed E-state index contributed by atoms with van der Waals surface area (Å²) in [7, 11) is 2.19. The largest absolute Gasteiger partial charge is 0.324 e. The molecule has 2 aliphatic rings. The molecule has 5 aromatic rings. The summed E-state index contributed by atoms with van der Waals surface area (Å²) < 4.78 is 4.22. The Morgan fingerprint density at radius 1 is 1.02 bits per heavy atom. The summed E-state index contributed by atoms with van der Waals surface area (Å²) in [6.45, 7) is 4.07. The third-order valence-corrected chi connectivity index (χ3v) is 10.9. The van der Waals surface area contributed by atoms with Gasteiger partial charge in [0.1, 0.15) is 16.2 Å². The lowest BCUT2D eigenvalue weighted by Crippen LogP contribution is -2.35. The summed E-state index contributed by atoms with van der Waals surface area (Å²) in [5, 5.41) is 13.5. The Balaban J connectivity index is 1.24. The van der Waals surface area contributed by atoms with Crippen LogP contribution < -0.4 is 10.9 Å². The number of fused-ring (bicyclic) bond motifs is 1. The molecule has 12 heteroatoms. The number of nitrogens with zero attached hydrogens (tertiary/aromatic N) is 7. The number of hydrogen-bond donors (Lipinski definition) is 1. The third kappa shape index (κ3) is 6.37. The lowest BCUT2D eigenvalue weighted by Gasteiger charge is -2.32. The van der Waals surface area contributed by atoms with Gasteiger partial charge >= 0.3 is 0 Å². The number of nitrogens with one attached hydrogen (secondary N) is 1. The van der Waals surface area contributed by atoms with E-state index in [1.807, 2.05) is 28.8 Å². The average Bonchev–Trinajstić information content (AvgIpc) is 3.61. The van der Waals surface area contributed by atoms with E-state index in [9.17, 15) is 4.79 Å². The Labute approximate surface area is 275 Å². The molecule has 45 heavy (non-hydrogen) atoms. The summed E-state index contributed by atoms with van der Waals surface area (Å²) in [4.78, 5) is 26.4. The molecule has 1 atom stereocenters. The normalized spacial score (nSPS) is 18.4. The van der Waals surface area contributed by atoms with E-state index in [2.05, 4.69) is 67.3 Å². The van der Waals surface area contributed by atoms with Gasteiger partial charge in [0.05, 0.1) is 0 Å². The number of aromatic nitrogens is 5. The quantitative estimate of drug-likeness (QED) is 0.184. The molecule has 2 aromatic carbocycles. The van der Waals surface area contributed by atoms with Crippen molar-refractivity contribution in [2.75, 3.05) is 44.8 Å². The van der Waals surface area contributed by atoms with E-state index in [1.54, 1.807) is 23.7 Å². The van der Waals surface area contributed by atoms with Crippen molar-refractivity contribution in [3.63, 3.8) is 0 Å². The Kier molecular flexibility index (Phi) is 8.87. The van der Waals surface area contributed by atoms with Gasteiger partial charge in [0.25, 0.3) is 5.56 Å². The molecule has 2 fully saturated rings. The van der Waals surface area contributed by atoms with Crippen LogP contribution in [-0.2, 0) is 0 Å². The Hall–Kier alpha value is -3.35. The smallest absolute Gasteiger partial charge is 0.260 e. The molecule has 232 valence electrons. The molecular formula is C33H35ClN8OS2. The van der Waals surface area contributed by atoms with Gasteiger partial charge in [-0.15, -0.1) is 10.2 Å². The second-order valence-corrected chi connectivity index (χ2v) is 14.0. The minimum atomic E-state index is -0.0953. The zero-order valence-corrected chi connectivity index (χ0v) is 27.7. The topological polar surface area (TPSA) is 92.1 Å². The van der Waals surface area contributed by atoms with E-state index < -0.39 is 0 Å². The standard InChI is InChI=1S/C33H35ClN8OS2/c1-40-13-3-4-23(19-40)21-5-8-25(9-6-21)37-33-35-18-24-16-28(27-10-7-22(17-29(27)34)31-39-36-20-45-31)32(43)42(30(24)38-33)26-11-14-41(44-2)15-12-26/h5-10,16-18,20,23,26H,3-4,11-15,19H2,1-2H3,(H,35,37,38). The first-order valence-electron chi connectivity index (χ1n) is 15.3. The first-order chi connectivity index (χ1) is 22.0. The SMILES string of the molecule is CSN1CCC(n2c(=O)c(-c3ccc(-c4nncs4)cc3Cl)cc3cnc(Nc4ccc(C5CCCN(C)C5)cc4)nc32)CC1. The van der Waals surface area contributed by atoms with Crippen molar-refractivity contribution in [1.82, 2.24) is 33.9 Å². The average molecular weight is 659 g/mol. The monoisotopic (exact) mass is 658 g/mol.